The quantitative estimate of drug-likeness (QED) is 0.358. The van der Waals surface area contributed by atoms with Crippen LogP contribution in [0.4, 0.5) is 0 Å². The zero-order chi connectivity index (χ0) is 24.9. The summed E-state index contributed by atoms with van der Waals surface area (Å²) in [6, 6.07) is 0. The summed E-state index contributed by atoms with van der Waals surface area (Å²) in [6.45, 7) is 8.88. The van der Waals surface area contributed by atoms with Gasteiger partial charge in [-0.25, -0.2) is 0 Å². The van der Waals surface area contributed by atoms with Gasteiger partial charge < -0.3 is 35.0 Å². The molecule has 0 radical (unpaired) electrons. The molecule has 4 fully saturated rings. The molecule has 4 aliphatic carbocycles. The summed E-state index contributed by atoms with van der Waals surface area (Å²) in [7, 11) is 0. The number of ether oxygens (including phenoxy) is 2. The standard InChI is InChI=1S/C24H38O9/c1-11(25)32-15-9-23-10-21(5,29)13(19(23)33-12(2)26)7-8-14(23)22(6,30)17-16(27)18(28)20(3,4)24(15,17)31/h13-19,27-31H,7-10H2,1-6H3/t13-,14+,15-,16-,17+,18+,19-,21-,22-,23+,24-/m1/s1. The van der Waals surface area contributed by atoms with E-state index in [2.05, 4.69) is 0 Å². The smallest absolute Gasteiger partial charge is 0.303 e. The van der Waals surface area contributed by atoms with Crippen molar-refractivity contribution in [1.29, 1.82) is 0 Å². The van der Waals surface area contributed by atoms with Crippen molar-refractivity contribution in [2.24, 2.45) is 28.6 Å². The van der Waals surface area contributed by atoms with Crippen LogP contribution in [0.1, 0.15) is 67.2 Å². The maximum absolute atomic E-state index is 12.2. The number of carbonyl (C=O) groups is 2. The molecule has 5 N–H and O–H groups in total. The molecule has 0 aromatic heterocycles. The summed E-state index contributed by atoms with van der Waals surface area (Å²) in [5, 5.41) is 57.7. The number of hydrogen-bond donors (Lipinski definition) is 5. The van der Waals surface area contributed by atoms with Crippen LogP contribution < -0.4 is 0 Å². The number of aliphatic hydroxyl groups excluding tert-OH is 2. The molecule has 0 heterocycles. The molecular weight excluding hydrogens is 432 g/mol. The third-order valence-corrected chi connectivity index (χ3v) is 9.78. The van der Waals surface area contributed by atoms with Crippen LogP contribution in [0.3, 0.4) is 0 Å². The summed E-state index contributed by atoms with van der Waals surface area (Å²) >= 11 is 0. The molecule has 0 aliphatic heterocycles. The molecular formula is C24H38O9. The first-order valence-electron chi connectivity index (χ1n) is 11.8. The molecule has 4 rings (SSSR count). The Balaban J connectivity index is 1.98. The van der Waals surface area contributed by atoms with Crippen LogP contribution >= 0.6 is 0 Å². The molecule has 4 aliphatic rings. The Bertz CT molecular complexity index is 851. The molecule has 9 nitrogen and oxygen atoms in total. The second-order valence-corrected chi connectivity index (χ2v) is 12.0. The van der Waals surface area contributed by atoms with Crippen LogP contribution in [0.25, 0.3) is 0 Å². The number of fused-ring (bicyclic) bond motifs is 2. The first-order valence-corrected chi connectivity index (χ1v) is 11.8. The monoisotopic (exact) mass is 470 g/mol. The Morgan fingerprint density at radius 3 is 2.03 bits per heavy atom. The number of esters is 2. The molecule has 0 unspecified atom stereocenters. The molecule has 9 heteroatoms. The fraction of sp³-hybridized carbons (Fsp3) is 0.917. The van der Waals surface area contributed by atoms with E-state index in [4.69, 9.17) is 9.47 Å². The van der Waals surface area contributed by atoms with Crippen LogP contribution in [0.15, 0.2) is 0 Å². The van der Waals surface area contributed by atoms with Gasteiger partial charge in [0.25, 0.3) is 0 Å². The minimum absolute atomic E-state index is 0.00780. The molecule has 0 amide bonds. The van der Waals surface area contributed by atoms with Gasteiger partial charge in [-0.3, -0.25) is 9.59 Å². The molecule has 1 spiro atoms. The molecule has 4 saturated carbocycles. The van der Waals surface area contributed by atoms with Gasteiger partial charge >= 0.3 is 11.9 Å². The predicted octanol–water partition coefficient (Wildman–Crippen LogP) is 0.281. The summed E-state index contributed by atoms with van der Waals surface area (Å²) in [6.07, 6.45) is -3.74. The highest BCUT2D eigenvalue weighted by atomic mass is 16.6. The van der Waals surface area contributed by atoms with Gasteiger partial charge in [0.05, 0.1) is 23.4 Å². The minimum atomic E-state index is -1.99. The highest BCUT2D eigenvalue weighted by Gasteiger charge is 2.79. The van der Waals surface area contributed by atoms with E-state index in [1.54, 1.807) is 20.8 Å². The zero-order valence-electron chi connectivity index (χ0n) is 20.2. The van der Waals surface area contributed by atoms with Crippen molar-refractivity contribution in [1.82, 2.24) is 0 Å². The molecule has 188 valence electrons. The molecule has 2 bridgehead atoms. The van der Waals surface area contributed by atoms with Crippen molar-refractivity contribution in [2.45, 2.75) is 108 Å². The van der Waals surface area contributed by atoms with Gasteiger partial charge in [-0.05, 0) is 45.4 Å². The lowest BCUT2D eigenvalue weighted by molar-refractivity contribution is -0.218. The van der Waals surface area contributed by atoms with E-state index in [-0.39, 0.29) is 18.8 Å². The summed E-state index contributed by atoms with van der Waals surface area (Å²) in [5.74, 6) is -3.42. The average Bonchev–Trinajstić information content (AvgIpc) is 2.83. The minimum Gasteiger partial charge on any atom is -0.462 e. The second-order valence-electron chi connectivity index (χ2n) is 12.0. The molecule has 33 heavy (non-hydrogen) atoms. The normalized spacial score (nSPS) is 54.7. The van der Waals surface area contributed by atoms with Crippen LogP contribution in [0.2, 0.25) is 0 Å². The highest BCUT2D eigenvalue weighted by molar-refractivity contribution is 5.67. The van der Waals surface area contributed by atoms with Crippen molar-refractivity contribution in [3.63, 3.8) is 0 Å². The van der Waals surface area contributed by atoms with E-state index in [0.29, 0.717) is 12.8 Å². The SMILES string of the molecule is CC(=O)O[C@@H]1[C@H]2CC[C@H]3[C@@](C)(O)[C@@H]4[C@@H](O)[C@H](O)C(C)(C)[C@@]4(O)[C@H](OC(C)=O)C[C@@]13C[C@@]2(C)O. The Kier molecular flexibility index (Phi) is 5.37. The van der Waals surface area contributed by atoms with E-state index in [9.17, 15) is 35.1 Å². The van der Waals surface area contributed by atoms with Crippen LogP contribution in [-0.4, -0.2) is 78.7 Å². The van der Waals surface area contributed by atoms with Gasteiger partial charge in [0.1, 0.15) is 17.8 Å². The second kappa shape index (κ2) is 7.13. The largest absolute Gasteiger partial charge is 0.462 e. The maximum atomic E-state index is 12.2. The lowest BCUT2D eigenvalue weighted by Crippen LogP contribution is -2.62. The van der Waals surface area contributed by atoms with Crippen molar-refractivity contribution in [3.05, 3.63) is 0 Å². The van der Waals surface area contributed by atoms with E-state index in [0.717, 1.165) is 0 Å². The number of hydrogen-bond acceptors (Lipinski definition) is 9. The van der Waals surface area contributed by atoms with E-state index >= 15 is 0 Å². The van der Waals surface area contributed by atoms with E-state index in [1.165, 1.54) is 20.8 Å². The van der Waals surface area contributed by atoms with Gasteiger partial charge in [0.2, 0.25) is 0 Å². The van der Waals surface area contributed by atoms with Gasteiger partial charge in [-0.1, -0.05) is 13.8 Å². The van der Waals surface area contributed by atoms with Gasteiger partial charge in [0, 0.05) is 36.5 Å². The maximum Gasteiger partial charge on any atom is 0.303 e. The first kappa shape index (κ1) is 24.9. The number of aliphatic hydroxyl groups is 5. The van der Waals surface area contributed by atoms with Crippen molar-refractivity contribution in [2.75, 3.05) is 0 Å². The Labute approximate surface area is 194 Å². The van der Waals surface area contributed by atoms with Crippen LogP contribution in [0, 0.1) is 28.6 Å². The Morgan fingerprint density at radius 1 is 0.909 bits per heavy atom. The summed E-state index contributed by atoms with van der Waals surface area (Å²) in [5.41, 5.74) is -7.29. The molecule has 0 saturated heterocycles. The first-order chi connectivity index (χ1) is 14.9. The topological polar surface area (TPSA) is 154 Å². The van der Waals surface area contributed by atoms with Crippen molar-refractivity contribution < 1.29 is 44.6 Å². The molecule has 0 aromatic rings. The zero-order valence-corrected chi connectivity index (χ0v) is 20.2. The fourth-order valence-electron chi connectivity index (χ4n) is 8.59. The van der Waals surface area contributed by atoms with Crippen LogP contribution in [-0.2, 0) is 19.1 Å². The average molecular weight is 471 g/mol. The van der Waals surface area contributed by atoms with Gasteiger partial charge in [-0.15, -0.1) is 0 Å². The summed E-state index contributed by atoms with van der Waals surface area (Å²) < 4.78 is 11.5. The van der Waals surface area contributed by atoms with Crippen molar-refractivity contribution >= 4 is 11.9 Å². The van der Waals surface area contributed by atoms with E-state index in [1.807, 2.05) is 0 Å². The summed E-state index contributed by atoms with van der Waals surface area (Å²) in [4.78, 5) is 24.3. The number of rotatable bonds is 2. The predicted molar refractivity (Wildman–Crippen MR) is 114 cm³/mol. The highest BCUT2D eigenvalue weighted by Crippen LogP contribution is 2.70. The van der Waals surface area contributed by atoms with Crippen LogP contribution in [0.5, 0.6) is 0 Å². The Morgan fingerprint density at radius 2 is 1.48 bits per heavy atom. The lowest BCUT2D eigenvalue weighted by atomic mass is 9.57. The lowest BCUT2D eigenvalue weighted by Gasteiger charge is -2.52. The van der Waals surface area contributed by atoms with Crippen molar-refractivity contribution in [3.8, 4) is 0 Å². The third-order valence-electron chi connectivity index (χ3n) is 9.78. The number of carbonyl (C=O) groups excluding carboxylic acids is 2. The van der Waals surface area contributed by atoms with Gasteiger partial charge in [-0.2, -0.15) is 0 Å². The fourth-order valence-corrected chi connectivity index (χ4v) is 8.59. The third kappa shape index (κ3) is 3.02. The van der Waals surface area contributed by atoms with E-state index < -0.39 is 75.8 Å². The molecule has 11 atom stereocenters. The Hall–Kier alpha value is -1.26. The van der Waals surface area contributed by atoms with Gasteiger partial charge in [0.15, 0.2) is 0 Å². The molecule has 0 aromatic carbocycles.